The van der Waals surface area contributed by atoms with Crippen molar-refractivity contribution in [1.82, 2.24) is 5.32 Å². The fraction of sp³-hybridized carbons (Fsp3) is 0.588. The largest absolute Gasteiger partial charge is 0.497 e. The molecular weight excluding hydrogens is 278 g/mol. The Morgan fingerprint density at radius 2 is 1.95 bits per heavy atom. The van der Waals surface area contributed by atoms with Crippen LogP contribution in [-0.4, -0.2) is 51.8 Å². The van der Waals surface area contributed by atoms with Gasteiger partial charge in [-0.2, -0.15) is 0 Å². The number of hydrogen-bond donors (Lipinski definition) is 2. The molecule has 1 heterocycles. The molecule has 1 atom stereocenters. The predicted molar refractivity (Wildman–Crippen MR) is 88.7 cm³/mol. The van der Waals surface area contributed by atoms with Crippen molar-refractivity contribution in [3.63, 3.8) is 0 Å². The summed E-state index contributed by atoms with van der Waals surface area (Å²) in [6, 6.07) is 8.22. The Kier molecular flexibility index (Phi) is 6.07. The van der Waals surface area contributed by atoms with E-state index in [2.05, 4.69) is 29.3 Å². The van der Waals surface area contributed by atoms with Crippen LogP contribution in [0.3, 0.4) is 0 Å². The minimum Gasteiger partial charge on any atom is -0.497 e. The number of amides is 1. The second kappa shape index (κ2) is 8.03. The molecule has 1 aromatic rings. The minimum absolute atomic E-state index is 0.0320. The molecule has 0 unspecified atom stereocenters. The molecule has 1 aliphatic heterocycles. The molecule has 0 bridgehead atoms. The van der Waals surface area contributed by atoms with Crippen molar-refractivity contribution in [2.45, 2.75) is 26.3 Å². The molecule has 1 fully saturated rings. The van der Waals surface area contributed by atoms with Crippen LogP contribution < -0.4 is 19.9 Å². The summed E-state index contributed by atoms with van der Waals surface area (Å²) in [5, 5.41) is 3.00. The van der Waals surface area contributed by atoms with Crippen molar-refractivity contribution in [3.8, 4) is 5.75 Å². The maximum Gasteiger partial charge on any atom is 0.278 e. The van der Waals surface area contributed by atoms with Crippen molar-refractivity contribution < 1.29 is 14.4 Å². The second-order valence-corrected chi connectivity index (χ2v) is 5.86. The first-order valence-electron chi connectivity index (χ1n) is 8.17. The first-order valence-corrected chi connectivity index (χ1v) is 8.17. The molecule has 1 aliphatic rings. The van der Waals surface area contributed by atoms with Gasteiger partial charge in [0.1, 0.15) is 5.75 Å². The van der Waals surface area contributed by atoms with Crippen LogP contribution in [0.15, 0.2) is 24.3 Å². The molecular formula is C17H28N3O2+. The highest BCUT2D eigenvalue weighted by Gasteiger charge is 2.28. The molecule has 0 spiro atoms. The van der Waals surface area contributed by atoms with Gasteiger partial charge in [-0.05, 0) is 37.6 Å². The molecule has 2 rings (SSSR count). The molecule has 122 valence electrons. The number of hydrogen-bond acceptors (Lipinski definition) is 3. The van der Waals surface area contributed by atoms with Gasteiger partial charge in [-0.15, -0.1) is 0 Å². The van der Waals surface area contributed by atoms with Gasteiger partial charge in [0, 0.05) is 12.2 Å². The lowest BCUT2D eigenvalue weighted by Crippen LogP contribution is -3.19. The van der Waals surface area contributed by atoms with Gasteiger partial charge in [-0.3, -0.25) is 4.79 Å². The van der Waals surface area contributed by atoms with E-state index in [1.165, 1.54) is 10.6 Å². The Balaban J connectivity index is 1.85. The topological polar surface area (TPSA) is 46.0 Å². The summed E-state index contributed by atoms with van der Waals surface area (Å²) in [6.45, 7) is 8.82. The SMILES string of the molecule is CCCNC(=O)[C@H](C)[NH+]1CCN(c2ccc(OC)cc2)CC1. The van der Waals surface area contributed by atoms with Gasteiger partial charge in [0.05, 0.1) is 33.3 Å². The standard InChI is InChI=1S/C17H27N3O2/c1-4-9-18-17(21)14(2)19-10-12-20(13-11-19)15-5-7-16(22-3)8-6-15/h5-8,14H,4,9-13H2,1-3H3,(H,18,21)/p+1/t14-/m0/s1. The number of anilines is 1. The van der Waals surface area contributed by atoms with Gasteiger partial charge in [-0.1, -0.05) is 6.92 Å². The summed E-state index contributed by atoms with van der Waals surface area (Å²) in [4.78, 5) is 15.8. The highest BCUT2D eigenvalue weighted by Crippen LogP contribution is 2.18. The number of quaternary nitrogens is 1. The van der Waals surface area contributed by atoms with E-state index in [0.29, 0.717) is 0 Å². The van der Waals surface area contributed by atoms with E-state index in [-0.39, 0.29) is 11.9 Å². The zero-order valence-corrected chi connectivity index (χ0v) is 13.9. The fourth-order valence-electron chi connectivity index (χ4n) is 2.86. The number of methoxy groups -OCH3 is 1. The summed E-state index contributed by atoms with van der Waals surface area (Å²) >= 11 is 0. The molecule has 22 heavy (non-hydrogen) atoms. The number of nitrogens with one attached hydrogen (secondary N) is 2. The van der Waals surface area contributed by atoms with Crippen LogP contribution in [0.2, 0.25) is 0 Å². The Labute approximate surface area is 133 Å². The predicted octanol–water partition coefficient (Wildman–Crippen LogP) is 0.315. The van der Waals surface area contributed by atoms with Crippen LogP contribution in [0.5, 0.6) is 5.75 Å². The van der Waals surface area contributed by atoms with Gasteiger partial charge in [-0.25, -0.2) is 0 Å². The van der Waals surface area contributed by atoms with E-state index in [1.807, 2.05) is 19.1 Å². The number of piperazine rings is 1. The Morgan fingerprint density at radius 1 is 1.32 bits per heavy atom. The Morgan fingerprint density at radius 3 is 2.50 bits per heavy atom. The summed E-state index contributed by atoms with van der Waals surface area (Å²) in [5.74, 6) is 1.06. The Hall–Kier alpha value is -1.75. The molecule has 0 aromatic heterocycles. The highest BCUT2D eigenvalue weighted by atomic mass is 16.5. The summed E-state index contributed by atoms with van der Waals surface area (Å²) in [7, 11) is 1.68. The van der Waals surface area contributed by atoms with Gasteiger partial charge in [0.2, 0.25) is 0 Å². The lowest BCUT2D eigenvalue weighted by atomic mass is 10.2. The van der Waals surface area contributed by atoms with Crippen LogP contribution in [-0.2, 0) is 4.79 Å². The summed E-state index contributed by atoms with van der Waals surface area (Å²) in [5.41, 5.74) is 1.22. The van der Waals surface area contributed by atoms with Crippen molar-refractivity contribution in [2.75, 3.05) is 44.7 Å². The smallest absolute Gasteiger partial charge is 0.278 e. The van der Waals surface area contributed by atoms with E-state index >= 15 is 0 Å². The highest BCUT2D eigenvalue weighted by molar-refractivity contribution is 5.79. The van der Waals surface area contributed by atoms with Crippen LogP contribution in [0, 0.1) is 0 Å². The third-order valence-electron chi connectivity index (χ3n) is 4.40. The average molecular weight is 306 g/mol. The number of carbonyl (C=O) groups excluding carboxylic acids is 1. The minimum atomic E-state index is 0.0320. The second-order valence-electron chi connectivity index (χ2n) is 5.86. The molecule has 5 nitrogen and oxygen atoms in total. The van der Waals surface area contributed by atoms with E-state index in [9.17, 15) is 4.79 Å². The molecule has 1 amide bonds. The van der Waals surface area contributed by atoms with Crippen LogP contribution in [0.25, 0.3) is 0 Å². The molecule has 0 saturated carbocycles. The van der Waals surface area contributed by atoms with Gasteiger partial charge in [0.25, 0.3) is 5.91 Å². The lowest BCUT2D eigenvalue weighted by Gasteiger charge is -2.36. The molecule has 1 aromatic carbocycles. The van der Waals surface area contributed by atoms with Gasteiger partial charge < -0.3 is 19.9 Å². The summed E-state index contributed by atoms with van der Waals surface area (Å²) < 4.78 is 5.20. The fourth-order valence-corrected chi connectivity index (χ4v) is 2.86. The zero-order valence-electron chi connectivity index (χ0n) is 13.9. The van der Waals surface area contributed by atoms with Crippen LogP contribution in [0.4, 0.5) is 5.69 Å². The van der Waals surface area contributed by atoms with Crippen molar-refractivity contribution in [2.24, 2.45) is 0 Å². The molecule has 1 saturated heterocycles. The maximum atomic E-state index is 12.1. The third kappa shape index (κ3) is 4.13. The Bertz CT molecular complexity index is 467. The number of nitrogens with zero attached hydrogens (tertiary/aromatic N) is 1. The molecule has 5 heteroatoms. The lowest BCUT2D eigenvalue weighted by molar-refractivity contribution is -0.914. The first-order chi connectivity index (χ1) is 10.7. The zero-order chi connectivity index (χ0) is 15.9. The monoisotopic (exact) mass is 306 g/mol. The van der Waals surface area contributed by atoms with Crippen molar-refractivity contribution >= 4 is 11.6 Å². The van der Waals surface area contributed by atoms with Crippen LogP contribution in [0.1, 0.15) is 20.3 Å². The molecule has 0 radical (unpaired) electrons. The third-order valence-corrected chi connectivity index (χ3v) is 4.40. The average Bonchev–Trinajstić information content (AvgIpc) is 2.59. The number of rotatable bonds is 6. The summed E-state index contributed by atoms with van der Waals surface area (Å²) in [6.07, 6.45) is 0.985. The van der Waals surface area contributed by atoms with Gasteiger partial charge >= 0.3 is 0 Å². The van der Waals surface area contributed by atoms with E-state index in [0.717, 1.165) is 44.9 Å². The molecule has 2 N–H and O–H groups in total. The quantitative estimate of drug-likeness (QED) is 0.795. The van der Waals surface area contributed by atoms with E-state index in [4.69, 9.17) is 4.74 Å². The van der Waals surface area contributed by atoms with E-state index < -0.39 is 0 Å². The maximum absolute atomic E-state index is 12.1. The van der Waals surface area contributed by atoms with Crippen molar-refractivity contribution in [1.29, 1.82) is 0 Å². The normalized spacial score (nSPS) is 17.1. The number of carbonyl (C=O) groups is 1. The van der Waals surface area contributed by atoms with Crippen molar-refractivity contribution in [3.05, 3.63) is 24.3 Å². The first kappa shape index (κ1) is 16.6. The van der Waals surface area contributed by atoms with E-state index in [1.54, 1.807) is 7.11 Å². The number of benzene rings is 1. The van der Waals surface area contributed by atoms with Crippen LogP contribution >= 0.6 is 0 Å². The number of ether oxygens (including phenoxy) is 1. The molecule has 0 aliphatic carbocycles. The van der Waals surface area contributed by atoms with Gasteiger partial charge in [0.15, 0.2) is 6.04 Å².